The summed E-state index contributed by atoms with van der Waals surface area (Å²) in [5, 5.41) is 23.9. The van der Waals surface area contributed by atoms with Gasteiger partial charge in [0.2, 0.25) is 0 Å². The zero-order chi connectivity index (χ0) is 20.9. The number of hydrogen-bond acceptors (Lipinski definition) is 5. The maximum atomic E-state index is 11.0. The molecule has 5 nitrogen and oxygen atoms in total. The molecule has 0 aromatic heterocycles. The van der Waals surface area contributed by atoms with Crippen molar-refractivity contribution in [3.05, 3.63) is 77.9 Å². The fraction of sp³-hybridized carbons (Fsp3) is 0.360. The highest BCUT2D eigenvalue weighted by atomic mass is 16.8. The third-order valence-electron chi connectivity index (χ3n) is 6.14. The third kappa shape index (κ3) is 3.38. The van der Waals surface area contributed by atoms with Crippen LogP contribution in [0.2, 0.25) is 0 Å². The number of hydrogen-bond donors (Lipinski definition) is 2. The molecule has 4 atom stereocenters. The molecule has 0 bridgehead atoms. The Labute approximate surface area is 176 Å². The van der Waals surface area contributed by atoms with Crippen LogP contribution in [0.1, 0.15) is 31.0 Å². The molecule has 3 aromatic rings. The number of piperidine rings is 1. The van der Waals surface area contributed by atoms with Gasteiger partial charge in [-0.1, -0.05) is 60.7 Å². The topological polar surface area (TPSA) is 62.2 Å². The van der Waals surface area contributed by atoms with E-state index in [-0.39, 0.29) is 11.8 Å². The van der Waals surface area contributed by atoms with Crippen LogP contribution in [0.15, 0.2) is 66.7 Å². The van der Waals surface area contributed by atoms with Gasteiger partial charge >= 0.3 is 0 Å². The third-order valence-corrected chi connectivity index (χ3v) is 6.14. The van der Waals surface area contributed by atoms with Crippen molar-refractivity contribution in [1.29, 1.82) is 0 Å². The fourth-order valence-electron chi connectivity index (χ4n) is 4.95. The van der Waals surface area contributed by atoms with Gasteiger partial charge in [-0.3, -0.25) is 4.90 Å². The Kier molecular flexibility index (Phi) is 4.79. The molecule has 0 amide bonds. The molecule has 2 aliphatic heterocycles. The van der Waals surface area contributed by atoms with Gasteiger partial charge in [0.15, 0.2) is 5.79 Å². The summed E-state index contributed by atoms with van der Waals surface area (Å²) < 4.78 is 12.4. The van der Waals surface area contributed by atoms with Crippen LogP contribution < -0.4 is 0 Å². The van der Waals surface area contributed by atoms with Crippen molar-refractivity contribution >= 4 is 10.8 Å². The highest BCUT2D eigenvalue weighted by molar-refractivity contribution is 5.88. The van der Waals surface area contributed by atoms with Crippen LogP contribution in [0.5, 0.6) is 5.75 Å². The van der Waals surface area contributed by atoms with Gasteiger partial charge in [0.1, 0.15) is 18.0 Å². The SMILES string of the molecule is CC1(C)O[C@@H]2[C@H](O1)[C@H](O)CN(Cc1ccccc1)[C@H]2c1c(O)ccc2ccccc12. The first-order valence-corrected chi connectivity index (χ1v) is 10.5. The molecular weight excluding hydrogens is 378 g/mol. The molecule has 2 saturated heterocycles. The minimum atomic E-state index is -0.794. The molecule has 2 heterocycles. The van der Waals surface area contributed by atoms with Crippen molar-refractivity contribution in [3.8, 4) is 5.75 Å². The van der Waals surface area contributed by atoms with E-state index in [0.29, 0.717) is 13.1 Å². The molecule has 2 N–H and O–H groups in total. The maximum absolute atomic E-state index is 11.0. The number of aliphatic hydroxyl groups is 1. The van der Waals surface area contributed by atoms with Crippen molar-refractivity contribution in [2.24, 2.45) is 0 Å². The number of β-amino-alcohol motifs (C(OH)–C–C–N with tert-alkyl or cyclic N) is 1. The summed E-state index contributed by atoms with van der Waals surface area (Å²) in [6, 6.07) is 21.7. The minimum Gasteiger partial charge on any atom is -0.508 e. The molecule has 0 spiro atoms. The van der Waals surface area contributed by atoms with Crippen LogP contribution in [0.25, 0.3) is 10.8 Å². The van der Waals surface area contributed by atoms with Gasteiger partial charge < -0.3 is 19.7 Å². The summed E-state index contributed by atoms with van der Waals surface area (Å²) in [6.07, 6.45) is -1.52. The first kappa shape index (κ1) is 19.5. The molecule has 0 aliphatic carbocycles. The normalized spacial score (nSPS) is 28.5. The molecule has 5 rings (SSSR count). The van der Waals surface area contributed by atoms with E-state index >= 15 is 0 Å². The number of phenolic OH excluding ortho intramolecular Hbond substituents is 1. The van der Waals surface area contributed by atoms with Crippen molar-refractivity contribution in [3.63, 3.8) is 0 Å². The predicted molar refractivity (Wildman–Crippen MR) is 115 cm³/mol. The number of benzene rings is 3. The predicted octanol–water partition coefficient (Wildman–Crippen LogP) is 3.98. The number of aromatic hydroxyl groups is 1. The highest BCUT2D eigenvalue weighted by Gasteiger charge is 2.54. The lowest BCUT2D eigenvalue weighted by Crippen LogP contribution is -2.55. The number of fused-ring (bicyclic) bond motifs is 2. The van der Waals surface area contributed by atoms with E-state index in [2.05, 4.69) is 17.0 Å². The molecule has 2 fully saturated rings. The smallest absolute Gasteiger partial charge is 0.163 e. The van der Waals surface area contributed by atoms with E-state index in [0.717, 1.165) is 21.9 Å². The molecule has 30 heavy (non-hydrogen) atoms. The van der Waals surface area contributed by atoms with E-state index in [9.17, 15) is 10.2 Å². The Morgan fingerprint density at radius 3 is 2.43 bits per heavy atom. The summed E-state index contributed by atoms with van der Waals surface area (Å²) in [5.74, 6) is -0.558. The Hall–Kier alpha value is -2.44. The highest BCUT2D eigenvalue weighted by Crippen LogP contribution is 2.47. The van der Waals surface area contributed by atoms with Gasteiger partial charge in [-0.05, 0) is 36.2 Å². The number of ether oxygens (including phenoxy) is 2. The van der Waals surface area contributed by atoms with Crippen LogP contribution in [-0.4, -0.2) is 45.8 Å². The second kappa shape index (κ2) is 7.36. The minimum absolute atomic E-state index is 0.236. The zero-order valence-electron chi connectivity index (χ0n) is 17.2. The van der Waals surface area contributed by atoms with Crippen molar-refractivity contribution in [2.45, 2.75) is 50.5 Å². The van der Waals surface area contributed by atoms with Crippen LogP contribution >= 0.6 is 0 Å². The second-order valence-electron chi connectivity index (χ2n) is 8.71. The Balaban J connectivity index is 1.65. The summed E-state index contributed by atoms with van der Waals surface area (Å²) in [7, 11) is 0. The van der Waals surface area contributed by atoms with Crippen molar-refractivity contribution in [1.82, 2.24) is 4.90 Å². The van der Waals surface area contributed by atoms with Crippen molar-refractivity contribution < 1.29 is 19.7 Å². The lowest BCUT2D eigenvalue weighted by atomic mass is 9.85. The van der Waals surface area contributed by atoms with Crippen LogP contribution in [0.4, 0.5) is 0 Å². The van der Waals surface area contributed by atoms with Crippen LogP contribution in [0.3, 0.4) is 0 Å². The van der Waals surface area contributed by atoms with E-state index in [1.807, 2.05) is 62.4 Å². The Morgan fingerprint density at radius 1 is 0.933 bits per heavy atom. The number of nitrogens with zero attached hydrogens (tertiary/aromatic N) is 1. The number of phenols is 1. The second-order valence-corrected chi connectivity index (χ2v) is 8.71. The lowest BCUT2D eigenvalue weighted by Gasteiger charge is -2.44. The quantitative estimate of drug-likeness (QED) is 0.690. The Bertz CT molecular complexity index is 1050. The maximum Gasteiger partial charge on any atom is 0.163 e. The van der Waals surface area contributed by atoms with Gasteiger partial charge in [0.25, 0.3) is 0 Å². The molecule has 0 saturated carbocycles. The van der Waals surface area contributed by atoms with E-state index < -0.39 is 24.1 Å². The van der Waals surface area contributed by atoms with E-state index in [4.69, 9.17) is 9.47 Å². The summed E-state index contributed by atoms with van der Waals surface area (Å²) in [4.78, 5) is 2.20. The molecule has 3 aromatic carbocycles. The molecular formula is C25H27NO4. The van der Waals surface area contributed by atoms with Gasteiger partial charge in [-0.2, -0.15) is 0 Å². The van der Waals surface area contributed by atoms with Gasteiger partial charge in [-0.15, -0.1) is 0 Å². The van der Waals surface area contributed by atoms with Gasteiger partial charge in [-0.25, -0.2) is 0 Å². The van der Waals surface area contributed by atoms with Gasteiger partial charge in [0, 0.05) is 18.7 Å². The molecule has 0 radical (unpaired) electrons. The molecule has 5 heteroatoms. The first-order valence-electron chi connectivity index (χ1n) is 10.5. The lowest BCUT2D eigenvalue weighted by molar-refractivity contribution is -0.153. The Morgan fingerprint density at radius 2 is 1.63 bits per heavy atom. The molecule has 2 aliphatic rings. The van der Waals surface area contributed by atoms with Crippen LogP contribution in [-0.2, 0) is 16.0 Å². The average molecular weight is 405 g/mol. The number of likely N-dealkylation sites (tertiary alicyclic amines) is 1. The summed E-state index contributed by atoms with van der Waals surface area (Å²) in [5.41, 5.74) is 1.97. The zero-order valence-corrected chi connectivity index (χ0v) is 17.2. The standard InChI is InChI=1S/C25H27NO4/c1-25(2)29-23-20(28)15-26(14-16-8-4-3-5-9-16)22(24(23)30-25)21-18-11-7-6-10-17(18)12-13-19(21)27/h3-13,20,22-24,27-28H,14-15H2,1-2H3/t20-,22+,23-,24+/m1/s1. The monoisotopic (exact) mass is 405 g/mol. The number of rotatable bonds is 3. The first-order chi connectivity index (χ1) is 14.4. The average Bonchev–Trinajstić information content (AvgIpc) is 3.06. The molecule has 156 valence electrons. The molecule has 0 unspecified atom stereocenters. The van der Waals surface area contributed by atoms with Crippen LogP contribution in [0, 0.1) is 0 Å². The fourth-order valence-corrected chi connectivity index (χ4v) is 4.95. The van der Waals surface area contributed by atoms with Crippen molar-refractivity contribution in [2.75, 3.05) is 6.54 Å². The summed E-state index contributed by atoms with van der Waals surface area (Å²) in [6.45, 7) is 4.82. The van der Waals surface area contributed by atoms with E-state index in [1.54, 1.807) is 6.07 Å². The van der Waals surface area contributed by atoms with Gasteiger partial charge in [0.05, 0.1) is 12.1 Å². The largest absolute Gasteiger partial charge is 0.508 e. The van der Waals surface area contributed by atoms with E-state index in [1.165, 1.54) is 0 Å². The summed E-state index contributed by atoms with van der Waals surface area (Å²) >= 11 is 0. The number of aliphatic hydroxyl groups excluding tert-OH is 1.